The Morgan fingerprint density at radius 1 is 0.895 bits per heavy atom. The number of rotatable bonds is 9. The Morgan fingerprint density at radius 2 is 1.32 bits per heavy atom. The summed E-state index contributed by atoms with van der Waals surface area (Å²) < 4.78 is 87.4. The topological polar surface area (TPSA) is 86.7 Å². The average Bonchev–Trinajstić information content (AvgIpc) is 2.19. The predicted molar refractivity (Wildman–Crippen MR) is 60.4 cm³/mol. The molecule has 0 N–H and O–H groups in total. The van der Waals surface area contributed by atoms with Crippen LogP contribution in [0.2, 0.25) is 0 Å². The molecule has 0 aromatic carbocycles. The fraction of sp³-hybridized carbons (Fsp3) is 1.00. The molecule has 0 heterocycles. The number of hydrogen-bond donors (Lipinski definition) is 0. The van der Waals surface area contributed by atoms with E-state index in [1.165, 1.54) is 6.92 Å². The van der Waals surface area contributed by atoms with Crippen molar-refractivity contribution >= 4 is 20.2 Å². The minimum atomic E-state index is -4.85. The number of halogens is 3. The molecule has 0 rings (SSSR count). The molecule has 6 nitrogen and oxygen atoms in total. The van der Waals surface area contributed by atoms with Crippen molar-refractivity contribution in [3.63, 3.8) is 0 Å². The Balaban J connectivity index is 3.82. The molecule has 0 bridgehead atoms. The van der Waals surface area contributed by atoms with Gasteiger partial charge in [0.2, 0.25) is 0 Å². The van der Waals surface area contributed by atoms with Gasteiger partial charge in [-0.25, -0.2) is 0 Å². The molecule has 0 unspecified atom stereocenters. The smallest absolute Gasteiger partial charge is 0.270 e. The van der Waals surface area contributed by atoms with E-state index in [4.69, 9.17) is 0 Å². The van der Waals surface area contributed by atoms with Crippen molar-refractivity contribution in [3.8, 4) is 0 Å². The van der Waals surface area contributed by atoms with E-state index in [1.807, 2.05) is 0 Å². The maximum absolute atomic E-state index is 11.8. The Labute approximate surface area is 110 Å². The van der Waals surface area contributed by atoms with Crippen LogP contribution in [0.15, 0.2) is 0 Å². The summed E-state index contributed by atoms with van der Waals surface area (Å²) in [6.07, 6.45) is -4.63. The van der Waals surface area contributed by atoms with Gasteiger partial charge in [-0.3, -0.25) is 8.37 Å². The van der Waals surface area contributed by atoms with Gasteiger partial charge in [-0.15, -0.1) is 0 Å². The third-order valence-corrected chi connectivity index (χ3v) is 4.20. The average molecular weight is 328 g/mol. The quantitative estimate of drug-likeness (QED) is 0.464. The van der Waals surface area contributed by atoms with Crippen LogP contribution >= 0.6 is 0 Å². The summed E-state index contributed by atoms with van der Waals surface area (Å²) in [6, 6.07) is 0. The summed E-state index contributed by atoms with van der Waals surface area (Å²) >= 11 is 0. The van der Waals surface area contributed by atoms with Crippen molar-refractivity contribution < 1.29 is 38.4 Å². The van der Waals surface area contributed by atoms with E-state index in [9.17, 15) is 30.0 Å². The molecule has 0 radical (unpaired) electrons. The second kappa shape index (κ2) is 7.41. The van der Waals surface area contributed by atoms with Gasteiger partial charge in [0.1, 0.15) is 0 Å². The maximum atomic E-state index is 11.8. The van der Waals surface area contributed by atoms with Crippen LogP contribution in [0.5, 0.6) is 0 Å². The molecule has 0 aliphatic heterocycles. The molecule has 0 aliphatic carbocycles. The van der Waals surface area contributed by atoms with Crippen LogP contribution in [0.1, 0.15) is 19.8 Å². The van der Waals surface area contributed by atoms with Crippen LogP contribution < -0.4 is 0 Å². The minimum Gasteiger partial charge on any atom is -0.270 e. The van der Waals surface area contributed by atoms with E-state index in [2.05, 4.69) is 8.37 Å². The second-order valence-electron chi connectivity index (χ2n) is 3.51. The van der Waals surface area contributed by atoms with Crippen molar-refractivity contribution in [2.45, 2.75) is 25.9 Å². The van der Waals surface area contributed by atoms with Gasteiger partial charge in [-0.05, 0) is 19.8 Å². The van der Waals surface area contributed by atoms with E-state index >= 15 is 0 Å². The Kier molecular flexibility index (Phi) is 7.26. The SMILES string of the molecule is CCS(=O)(=O)OCCCCOS(=O)(=O)CC(F)(F)F. The molecule has 0 fully saturated rings. The first-order valence-electron chi connectivity index (χ1n) is 5.28. The second-order valence-corrected chi connectivity index (χ2v) is 7.08. The highest BCUT2D eigenvalue weighted by Crippen LogP contribution is 2.18. The zero-order chi connectivity index (χ0) is 15.2. The van der Waals surface area contributed by atoms with Gasteiger partial charge < -0.3 is 0 Å². The Morgan fingerprint density at radius 3 is 1.68 bits per heavy atom. The lowest BCUT2D eigenvalue weighted by Crippen LogP contribution is -2.24. The van der Waals surface area contributed by atoms with E-state index in [-0.39, 0.29) is 25.2 Å². The molecule has 0 amide bonds. The first kappa shape index (κ1) is 18.6. The standard InChI is InChI=1S/C8H15F3O6S2/c1-2-18(12,13)16-5-3-4-6-17-19(14,15)7-8(9,10)11/h2-7H2,1H3. The number of alkyl halides is 3. The van der Waals surface area contributed by atoms with Crippen LogP contribution in [-0.4, -0.2) is 47.7 Å². The highest BCUT2D eigenvalue weighted by atomic mass is 32.2. The highest BCUT2D eigenvalue weighted by Gasteiger charge is 2.35. The molecule has 0 saturated heterocycles. The molecular formula is C8H15F3O6S2. The van der Waals surface area contributed by atoms with Crippen LogP contribution in [0, 0.1) is 0 Å². The fourth-order valence-corrected chi connectivity index (χ4v) is 2.30. The zero-order valence-electron chi connectivity index (χ0n) is 10.1. The predicted octanol–water partition coefficient (Wildman–Crippen LogP) is 1.04. The van der Waals surface area contributed by atoms with Crippen molar-refractivity contribution in [1.82, 2.24) is 0 Å². The first-order chi connectivity index (χ1) is 8.47. The molecule has 19 heavy (non-hydrogen) atoms. The number of hydrogen-bond acceptors (Lipinski definition) is 6. The summed E-state index contributed by atoms with van der Waals surface area (Å²) in [4.78, 5) is 0. The summed E-state index contributed by atoms with van der Waals surface area (Å²) in [5.74, 6) is -2.23. The van der Waals surface area contributed by atoms with Gasteiger partial charge in [-0.1, -0.05) is 0 Å². The van der Waals surface area contributed by atoms with Gasteiger partial charge >= 0.3 is 6.18 Å². The normalized spacial score (nSPS) is 13.7. The van der Waals surface area contributed by atoms with Crippen molar-refractivity contribution in [2.75, 3.05) is 24.7 Å². The van der Waals surface area contributed by atoms with Crippen molar-refractivity contribution in [2.24, 2.45) is 0 Å². The highest BCUT2D eigenvalue weighted by molar-refractivity contribution is 7.87. The molecule has 0 aliphatic rings. The molecule has 0 saturated carbocycles. The molecular weight excluding hydrogens is 313 g/mol. The van der Waals surface area contributed by atoms with Crippen LogP contribution in [0.3, 0.4) is 0 Å². The van der Waals surface area contributed by atoms with E-state index in [1.54, 1.807) is 0 Å². The molecule has 116 valence electrons. The van der Waals surface area contributed by atoms with Crippen LogP contribution in [0.25, 0.3) is 0 Å². The van der Waals surface area contributed by atoms with Crippen molar-refractivity contribution in [3.05, 3.63) is 0 Å². The lowest BCUT2D eigenvalue weighted by Gasteiger charge is -2.08. The van der Waals surface area contributed by atoms with Crippen LogP contribution in [0.4, 0.5) is 13.2 Å². The summed E-state index contributed by atoms with van der Waals surface area (Å²) in [5.41, 5.74) is 0. The Bertz CT molecular complexity index is 453. The third-order valence-electron chi connectivity index (χ3n) is 1.76. The van der Waals surface area contributed by atoms with Crippen molar-refractivity contribution in [1.29, 1.82) is 0 Å². The monoisotopic (exact) mass is 328 g/mol. The Hall–Kier alpha value is -0.390. The molecule has 0 aromatic heterocycles. The van der Waals surface area contributed by atoms with Gasteiger partial charge in [0.05, 0.1) is 19.0 Å². The van der Waals surface area contributed by atoms with Gasteiger partial charge in [0, 0.05) is 0 Å². The summed E-state index contributed by atoms with van der Waals surface area (Å²) in [6.45, 7) is 0.773. The maximum Gasteiger partial charge on any atom is 0.405 e. The van der Waals surface area contributed by atoms with E-state index in [0.29, 0.717) is 0 Å². The van der Waals surface area contributed by atoms with Crippen LogP contribution in [-0.2, 0) is 28.6 Å². The molecule has 0 spiro atoms. The lowest BCUT2D eigenvalue weighted by molar-refractivity contribution is -0.107. The van der Waals surface area contributed by atoms with Gasteiger partial charge in [0.15, 0.2) is 5.75 Å². The summed E-state index contributed by atoms with van der Waals surface area (Å²) in [7, 11) is -8.21. The van der Waals surface area contributed by atoms with E-state index < -0.39 is 38.8 Å². The molecule has 0 atom stereocenters. The molecule has 11 heteroatoms. The first-order valence-corrected chi connectivity index (χ1v) is 8.44. The van der Waals surface area contributed by atoms with E-state index in [0.717, 1.165) is 0 Å². The lowest BCUT2D eigenvalue weighted by atomic mass is 10.3. The van der Waals surface area contributed by atoms with Gasteiger partial charge in [-0.2, -0.15) is 30.0 Å². The summed E-state index contributed by atoms with van der Waals surface area (Å²) in [5, 5.41) is 0. The molecule has 0 aromatic rings. The third kappa shape index (κ3) is 11.2. The number of unbranched alkanes of at least 4 members (excludes halogenated alkanes) is 1. The zero-order valence-corrected chi connectivity index (χ0v) is 11.8. The fourth-order valence-electron chi connectivity index (χ4n) is 0.901. The minimum absolute atomic E-state index is 0.0658. The largest absolute Gasteiger partial charge is 0.405 e. The van der Waals surface area contributed by atoms with Gasteiger partial charge in [0.25, 0.3) is 20.2 Å².